The van der Waals surface area contributed by atoms with Crippen LogP contribution in [-0.2, 0) is 4.79 Å². The molecule has 6 nitrogen and oxygen atoms in total. The first kappa shape index (κ1) is 20.4. The van der Waals surface area contributed by atoms with Crippen LogP contribution in [0.15, 0.2) is 51.1 Å². The normalized spacial score (nSPS) is 13.4. The van der Waals surface area contributed by atoms with Gasteiger partial charge in [-0.3, -0.25) is 14.2 Å². The molecule has 0 saturated carbocycles. The van der Waals surface area contributed by atoms with Crippen LogP contribution in [0.3, 0.4) is 0 Å². The topological polar surface area (TPSA) is 71.7 Å². The maximum Gasteiger partial charge on any atom is 0.233 e. The van der Waals surface area contributed by atoms with Crippen molar-refractivity contribution >= 4 is 52.7 Å². The zero-order valence-electron chi connectivity index (χ0n) is 16.4. The van der Waals surface area contributed by atoms with Crippen LogP contribution in [0.2, 0.25) is 0 Å². The van der Waals surface area contributed by atoms with Crippen LogP contribution < -0.4 is 5.32 Å². The number of nitrogens with one attached hydrogen (secondary N) is 1. The van der Waals surface area contributed by atoms with Crippen molar-refractivity contribution in [1.29, 1.82) is 0 Å². The molecule has 0 bridgehead atoms. The van der Waals surface area contributed by atoms with Gasteiger partial charge in [-0.15, -0.1) is 22.0 Å². The molecular weight excluding hydrogens is 390 g/mol. The van der Waals surface area contributed by atoms with Gasteiger partial charge in [0.05, 0.1) is 16.6 Å². The van der Waals surface area contributed by atoms with Crippen LogP contribution in [0.25, 0.3) is 16.6 Å². The molecule has 1 aromatic carbocycles. The summed E-state index contributed by atoms with van der Waals surface area (Å²) in [5.74, 6) is 0.452. The van der Waals surface area contributed by atoms with Gasteiger partial charge in [-0.2, -0.15) is 0 Å². The molecular formula is C20H23N5OS2. The van der Waals surface area contributed by atoms with E-state index < -0.39 is 0 Å². The molecule has 28 heavy (non-hydrogen) atoms. The number of allylic oxidation sites excluding steroid dienone is 2. The number of carbonyl (C=O) groups excluding carboxylic acids is 1. The number of benzene rings is 1. The lowest BCUT2D eigenvalue weighted by molar-refractivity contribution is -0.119. The quantitative estimate of drug-likeness (QED) is 0.352. The van der Waals surface area contributed by atoms with E-state index >= 15 is 0 Å². The Kier molecular flexibility index (Phi) is 6.41. The van der Waals surface area contributed by atoms with Gasteiger partial charge in [0.15, 0.2) is 10.8 Å². The van der Waals surface area contributed by atoms with Gasteiger partial charge in [0.25, 0.3) is 0 Å². The highest BCUT2D eigenvalue weighted by atomic mass is 32.2. The van der Waals surface area contributed by atoms with Crippen molar-refractivity contribution in [2.24, 2.45) is 4.99 Å². The monoisotopic (exact) mass is 413 g/mol. The summed E-state index contributed by atoms with van der Waals surface area (Å²) >= 11 is 2.95. The minimum atomic E-state index is -0.295. The van der Waals surface area contributed by atoms with E-state index in [-0.39, 0.29) is 11.2 Å². The Bertz CT molecular complexity index is 1070. The zero-order valence-corrected chi connectivity index (χ0v) is 18.0. The fraction of sp³-hybridized carbons (Fsp3) is 0.300. The molecule has 1 amide bonds. The second kappa shape index (κ2) is 8.79. The van der Waals surface area contributed by atoms with Gasteiger partial charge < -0.3 is 5.32 Å². The molecule has 0 radical (unpaired) electrons. The number of aryl methyl sites for hydroxylation is 1. The summed E-state index contributed by atoms with van der Waals surface area (Å²) in [5, 5.41) is 13.1. The molecule has 0 aliphatic carbocycles. The molecule has 8 heteroatoms. The van der Waals surface area contributed by atoms with E-state index in [1.54, 1.807) is 11.8 Å². The third-order valence-electron chi connectivity index (χ3n) is 4.51. The first-order chi connectivity index (χ1) is 13.4. The largest absolute Gasteiger partial charge is 0.346 e. The van der Waals surface area contributed by atoms with Gasteiger partial charge in [0.1, 0.15) is 0 Å². The van der Waals surface area contributed by atoms with E-state index in [4.69, 9.17) is 0 Å². The Balaban J connectivity index is 1.75. The van der Waals surface area contributed by atoms with E-state index in [1.165, 1.54) is 11.8 Å². The fourth-order valence-corrected chi connectivity index (χ4v) is 4.33. The van der Waals surface area contributed by atoms with Crippen molar-refractivity contribution in [2.45, 2.75) is 38.1 Å². The van der Waals surface area contributed by atoms with E-state index in [1.807, 2.05) is 43.4 Å². The lowest BCUT2D eigenvalue weighted by Crippen LogP contribution is -2.30. The van der Waals surface area contributed by atoms with Gasteiger partial charge in [0, 0.05) is 16.0 Å². The highest BCUT2D eigenvalue weighted by Gasteiger charge is 2.19. The molecule has 2 heterocycles. The molecule has 3 aromatic rings. The fourth-order valence-electron chi connectivity index (χ4n) is 2.74. The van der Waals surface area contributed by atoms with Crippen molar-refractivity contribution in [3.8, 4) is 0 Å². The lowest BCUT2D eigenvalue weighted by atomic mass is 10.1. The van der Waals surface area contributed by atoms with Crippen molar-refractivity contribution in [2.75, 3.05) is 5.88 Å². The maximum atomic E-state index is 12.5. The number of thioether (sulfide) groups is 2. The molecule has 0 aliphatic rings. The average Bonchev–Trinajstić information content (AvgIpc) is 3.09. The zero-order chi connectivity index (χ0) is 20.3. The summed E-state index contributed by atoms with van der Waals surface area (Å²) < 4.78 is 2.01. The number of pyridine rings is 1. The van der Waals surface area contributed by atoms with Crippen molar-refractivity contribution < 1.29 is 4.79 Å². The SMILES string of the molecule is C=N/C(C)=C(/C)SCNC(=O)C(C)Sc1nnc2cc(C)c3ccccc3n12. The van der Waals surface area contributed by atoms with Crippen LogP contribution in [0.5, 0.6) is 0 Å². The first-order valence-electron chi connectivity index (χ1n) is 8.87. The van der Waals surface area contributed by atoms with Gasteiger partial charge in [-0.05, 0) is 52.1 Å². The molecule has 0 saturated heterocycles. The number of amides is 1. The van der Waals surface area contributed by atoms with Crippen LogP contribution in [0.4, 0.5) is 0 Å². The summed E-state index contributed by atoms with van der Waals surface area (Å²) in [4.78, 5) is 17.4. The Morgan fingerprint density at radius 2 is 2.07 bits per heavy atom. The Morgan fingerprint density at radius 1 is 1.32 bits per heavy atom. The minimum Gasteiger partial charge on any atom is -0.346 e. The number of carbonyl (C=O) groups is 1. The number of hydrogen-bond donors (Lipinski definition) is 1. The van der Waals surface area contributed by atoms with Crippen LogP contribution >= 0.6 is 23.5 Å². The molecule has 146 valence electrons. The third kappa shape index (κ3) is 4.23. The number of para-hydroxylation sites is 1. The van der Waals surface area contributed by atoms with Crippen LogP contribution in [-0.4, -0.2) is 38.3 Å². The van der Waals surface area contributed by atoms with E-state index in [2.05, 4.69) is 46.3 Å². The molecule has 0 spiro atoms. The smallest absolute Gasteiger partial charge is 0.233 e. The van der Waals surface area contributed by atoms with Crippen molar-refractivity contribution in [1.82, 2.24) is 19.9 Å². The summed E-state index contributed by atoms with van der Waals surface area (Å²) in [6, 6.07) is 10.2. The predicted molar refractivity (Wildman–Crippen MR) is 119 cm³/mol. The molecule has 1 atom stereocenters. The maximum absolute atomic E-state index is 12.5. The minimum absolute atomic E-state index is 0.0392. The molecule has 1 unspecified atom stereocenters. The second-order valence-corrected chi connectivity index (χ2v) is 8.91. The second-order valence-electron chi connectivity index (χ2n) is 6.41. The van der Waals surface area contributed by atoms with E-state index in [9.17, 15) is 4.79 Å². The van der Waals surface area contributed by atoms with Gasteiger partial charge >= 0.3 is 0 Å². The summed E-state index contributed by atoms with van der Waals surface area (Å²) in [7, 11) is 0. The van der Waals surface area contributed by atoms with Crippen LogP contribution in [0.1, 0.15) is 26.3 Å². The summed E-state index contributed by atoms with van der Waals surface area (Å²) in [5.41, 5.74) is 3.86. The first-order valence-corrected chi connectivity index (χ1v) is 10.7. The van der Waals surface area contributed by atoms with E-state index in [0.717, 1.165) is 32.7 Å². The number of rotatable bonds is 7. The molecule has 0 aliphatic heterocycles. The summed E-state index contributed by atoms with van der Waals surface area (Å²) in [6.45, 7) is 11.3. The molecule has 1 N–H and O–H groups in total. The number of fused-ring (bicyclic) bond motifs is 3. The highest BCUT2D eigenvalue weighted by Crippen LogP contribution is 2.28. The molecule has 0 fully saturated rings. The van der Waals surface area contributed by atoms with Crippen molar-refractivity contribution in [3.05, 3.63) is 46.5 Å². The number of aromatic nitrogens is 3. The Morgan fingerprint density at radius 3 is 2.82 bits per heavy atom. The van der Waals surface area contributed by atoms with Gasteiger partial charge in [-0.1, -0.05) is 30.0 Å². The van der Waals surface area contributed by atoms with Gasteiger partial charge in [-0.25, -0.2) is 0 Å². The Labute approximate surface area is 172 Å². The molecule has 3 rings (SSSR count). The average molecular weight is 414 g/mol. The van der Waals surface area contributed by atoms with E-state index in [0.29, 0.717) is 11.0 Å². The lowest BCUT2D eigenvalue weighted by Gasteiger charge is -2.12. The third-order valence-corrected chi connectivity index (χ3v) is 6.57. The number of aliphatic imine (C=N–C) groups is 1. The Hall–Kier alpha value is -2.32. The standard InChI is InChI=1S/C20H23N5OS2/c1-12-10-18-23-24-20(25(18)17-9-7-6-8-16(12)17)28-15(4)19(26)22-11-27-14(3)13(2)21-5/h6-10,15H,5,11H2,1-4H3,(H,22,26)/b14-13-. The number of hydrogen-bond acceptors (Lipinski definition) is 6. The summed E-state index contributed by atoms with van der Waals surface area (Å²) in [6.07, 6.45) is 0. The van der Waals surface area contributed by atoms with Crippen molar-refractivity contribution in [3.63, 3.8) is 0 Å². The van der Waals surface area contributed by atoms with Gasteiger partial charge in [0.2, 0.25) is 5.91 Å². The predicted octanol–water partition coefficient (Wildman–Crippen LogP) is 4.43. The van der Waals surface area contributed by atoms with Crippen LogP contribution in [0, 0.1) is 6.92 Å². The highest BCUT2D eigenvalue weighted by molar-refractivity contribution is 8.03. The molecule has 2 aromatic heterocycles. The number of nitrogens with zero attached hydrogens (tertiary/aromatic N) is 4.